The topological polar surface area (TPSA) is 61.1 Å². The van der Waals surface area contributed by atoms with Crippen LogP contribution in [-0.2, 0) is 11.3 Å². The Bertz CT molecular complexity index is 1180. The van der Waals surface area contributed by atoms with Crippen molar-refractivity contribution in [3.05, 3.63) is 71.9 Å². The van der Waals surface area contributed by atoms with Crippen LogP contribution < -0.4 is 5.01 Å². The van der Waals surface area contributed by atoms with E-state index in [4.69, 9.17) is 0 Å². The fraction of sp³-hybridized carbons (Fsp3) is 0.333. The Morgan fingerprint density at radius 1 is 1.12 bits per heavy atom. The zero-order valence-corrected chi connectivity index (χ0v) is 19.6. The van der Waals surface area contributed by atoms with Crippen LogP contribution in [0.4, 0.5) is 5.69 Å². The molecule has 0 unspecified atom stereocenters. The van der Waals surface area contributed by atoms with Crippen LogP contribution in [0.1, 0.15) is 32.3 Å². The van der Waals surface area contributed by atoms with E-state index in [1.54, 1.807) is 0 Å². The predicted molar refractivity (Wildman–Crippen MR) is 135 cm³/mol. The number of hydrogen-bond donors (Lipinski definition) is 1. The van der Waals surface area contributed by atoms with Gasteiger partial charge in [0.25, 0.3) is 5.91 Å². The van der Waals surface area contributed by atoms with Gasteiger partial charge in [-0.1, -0.05) is 49.7 Å². The van der Waals surface area contributed by atoms with E-state index in [0.29, 0.717) is 24.4 Å². The van der Waals surface area contributed by atoms with Crippen molar-refractivity contribution in [1.82, 2.24) is 9.47 Å². The second-order valence-electron chi connectivity index (χ2n) is 8.72. The maximum absolute atomic E-state index is 13.1. The number of aliphatic hydroxyl groups is 1. The number of amides is 1. The molecule has 1 aliphatic heterocycles. The Kier molecular flexibility index (Phi) is 7.06. The maximum Gasteiger partial charge on any atom is 0.280 e. The minimum atomic E-state index is -0.479. The second-order valence-corrected chi connectivity index (χ2v) is 8.72. The van der Waals surface area contributed by atoms with Gasteiger partial charge in [-0.25, -0.2) is 0 Å². The fourth-order valence-electron chi connectivity index (χ4n) is 4.29. The first-order chi connectivity index (χ1) is 16.0. The van der Waals surface area contributed by atoms with Gasteiger partial charge < -0.3 is 14.6 Å². The van der Waals surface area contributed by atoms with Crippen LogP contribution in [0.25, 0.3) is 17.0 Å². The van der Waals surface area contributed by atoms with Crippen molar-refractivity contribution in [3.63, 3.8) is 0 Å². The first-order valence-electron chi connectivity index (χ1n) is 11.6. The van der Waals surface area contributed by atoms with E-state index in [0.717, 1.165) is 41.5 Å². The Morgan fingerprint density at radius 3 is 2.61 bits per heavy atom. The van der Waals surface area contributed by atoms with Crippen LogP contribution in [0.15, 0.2) is 71.5 Å². The Hall–Kier alpha value is -3.22. The molecule has 0 fully saturated rings. The molecule has 33 heavy (non-hydrogen) atoms. The van der Waals surface area contributed by atoms with Gasteiger partial charge >= 0.3 is 0 Å². The summed E-state index contributed by atoms with van der Waals surface area (Å²) < 4.78 is 2.08. The molecular formula is C27H32N4O2. The highest BCUT2D eigenvalue weighted by Gasteiger charge is 2.29. The molecule has 1 atom stereocenters. The molecule has 0 spiro atoms. The first-order valence-corrected chi connectivity index (χ1v) is 11.6. The first kappa shape index (κ1) is 23.0. The molecule has 2 heterocycles. The number of hydrazone groups is 1. The van der Waals surface area contributed by atoms with Crippen LogP contribution >= 0.6 is 0 Å². The van der Waals surface area contributed by atoms with Gasteiger partial charge in [-0.3, -0.25) is 4.79 Å². The number of hydrogen-bond acceptors (Lipinski definition) is 4. The van der Waals surface area contributed by atoms with E-state index < -0.39 is 6.10 Å². The van der Waals surface area contributed by atoms with E-state index in [1.165, 1.54) is 5.01 Å². The molecular weight excluding hydrogens is 412 g/mol. The summed E-state index contributed by atoms with van der Waals surface area (Å²) in [6, 6.07) is 17.6. The highest BCUT2D eigenvalue weighted by molar-refractivity contribution is 6.32. The summed E-state index contributed by atoms with van der Waals surface area (Å²) in [5, 5.41) is 17.7. The van der Waals surface area contributed by atoms with E-state index >= 15 is 0 Å². The number of fused-ring (bicyclic) bond motifs is 1. The van der Waals surface area contributed by atoms with Crippen LogP contribution in [0.3, 0.4) is 0 Å². The van der Waals surface area contributed by atoms with E-state index in [9.17, 15) is 9.90 Å². The quantitative estimate of drug-likeness (QED) is 0.493. The number of carbonyl (C=O) groups is 1. The number of likely N-dealkylation sites (N-methyl/N-ethyl adjacent to an activating group) is 1. The molecule has 0 saturated heterocycles. The number of para-hydroxylation sites is 2. The van der Waals surface area contributed by atoms with E-state index in [-0.39, 0.29) is 5.91 Å². The summed E-state index contributed by atoms with van der Waals surface area (Å²) >= 11 is 0. The molecule has 0 aliphatic carbocycles. The smallest absolute Gasteiger partial charge is 0.280 e. The minimum Gasteiger partial charge on any atom is -0.390 e. The average Bonchev–Trinajstić information content (AvgIpc) is 3.30. The van der Waals surface area contributed by atoms with Gasteiger partial charge in [-0.05, 0) is 51.2 Å². The zero-order valence-electron chi connectivity index (χ0n) is 19.6. The summed E-state index contributed by atoms with van der Waals surface area (Å²) in [7, 11) is 2.05. The number of nitrogens with zero attached hydrogens (tertiary/aromatic N) is 4. The van der Waals surface area contributed by atoms with Crippen LogP contribution in [0.5, 0.6) is 0 Å². The largest absolute Gasteiger partial charge is 0.390 e. The summed E-state index contributed by atoms with van der Waals surface area (Å²) in [5.41, 5.74) is 4.02. The molecule has 2 aromatic carbocycles. The number of unbranched alkanes of at least 4 members (excludes halogenated alkanes) is 1. The van der Waals surface area contributed by atoms with Crippen LogP contribution in [0.2, 0.25) is 0 Å². The number of anilines is 1. The Balaban J connectivity index is 1.60. The van der Waals surface area contributed by atoms with Crippen LogP contribution in [0, 0.1) is 0 Å². The molecule has 0 bridgehead atoms. The SMILES string of the molecule is CCCCN(C)C[C@H](O)Cn1cc(/C=C2/C(=O)N(c3ccccc3)N=C2C)c2ccccc21. The molecule has 172 valence electrons. The number of benzene rings is 2. The van der Waals surface area contributed by atoms with Crippen molar-refractivity contribution in [1.29, 1.82) is 0 Å². The third-order valence-corrected chi connectivity index (χ3v) is 6.01. The van der Waals surface area contributed by atoms with Crippen molar-refractivity contribution < 1.29 is 9.90 Å². The number of carbonyl (C=O) groups excluding carboxylic acids is 1. The molecule has 1 N–H and O–H groups in total. The highest BCUT2D eigenvalue weighted by Crippen LogP contribution is 2.28. The Labute approximate surface area is 195 Å². The van der Waals surface area contributed by atoms with Gasteiger partial charge in [0.2, 0.25) is 0 Å². The molecule has 1 aliphatic rings. The molecule has 1 aromatic heterocycles. The zero-order chi connectivity index (χ0) is 23.4. The van der Waals surface area contributed by atoms with Gasteiger partial charge in [0.05, 0.1) is 23.1 Å². The third-order valence-electron chi connectivity index (χ3n) is 6.01. The van der Waals surface area contributed by atoms with Crippen molar-refractivity contribution in [3.8, 4) is 0 Å². The number of rotatable bonds is 9. The standard InChI is InChI=1S/C27H32N4O2/c1-4-5-15-29(3)18-23(32)19-30-17-21(24-13-9-10-14-26(24)30)16-25-20(2)28-31(27(25)33)22-11-7-6-8-12-22/h6-14,16-17,23,32H,4-5,15,18-19H2,1-3H3/b25-16+/t23-/m0/s1. The molecule has 6 heteroatoms. The lowest BCUT2D eigenvalue weighted by Crippen LogP contribution is -2.32. The van der Waals surface area contributed by atoms with Gasteiger partial charge in [0, 0.05) is 35.8 Å². The van der Waals surface area contributed by atoms with Crippen LogP contribution in [-0.4, -0.2) is 52.4 Å². The second kappa shape index (κ2) is 10.1. The summed E-state index contributed by atoms with van der Waals surface area (Å²) in [4.78, 5) is 15.3. The predicted octanol–water partition coefficient (Wildman–Crippen LogP) is 4.54. The number of aliphatic hydroxyl groups excluding tert-OH is 1. The summed E-state index contributed by atoms with van der Waals surface area (Å²) in [6.45, 7) is 6.14. The molecule has 0 radical (unpaired) electrons. The normalized spacial score (nSPS) is 16.3. The summed E-state index contributed by atoms with van der Waals surface area (Å²) in [5.74, 6) is -0.131. The van der Waals surface area contributed by atoms with Crippen molar-refractivity contribution in [2.24, 2.45) is 5.10 Å². The lowest BCUT2D eigenvalue weighted by Gasteiger charge is -2.21. The Morgan fingerprint density at radius 2 is 1.85 bits per heavy atom. The molecule has 1 amide bonds. The monoisotopic (exact) mass is 444 g/mol. The molecule has 0 saturated carbocycles. The lowest BCUT2D eigenvalue weighted by atomic mass is 10.1. The third kappa shape index (κ3) is 5.07. The van der Waals surface area contributed by atoms with Crippen molar-refractivity contribution in [2.75, 3.05) is 25.1 Å². The molecule has 4 rings (SSSR count). The van der Waals surface area contributed by atoms with Crippen molar-refractivity contribution in [2.45, 2.75) is 39.3 Å². The number of aromatic nitrogens is 1. The maximum atomic E-state index is 13.1. The minimum absolute atomic E-state index is 0.131. The average molecular weight is 445 g/mol. The van der Waals surface area contributed by atoms with Gasteiger partial charge in [-0.2, -0.15) is 10.1 Å². The molecule has 3 aromatic rings. The highest BCUT2D eigenvalue weighted by atomic mass is 16.3. The van der Waals surface area contributed by atoms with Crippen molar-refractivity contribution >= 4 is 34.3 Å². The molecule has 6 nitrogen and oxygen atoms in total. The van der Waals surface area contributed by atoms with Gasteiger partial charge in [0.1, 0.15) is 0 Å². The van der Waals surface area contributed by atoms with Gasteiger partial charge in [-0.15, -0.1) is 0 Å². The van der Waals surface area contributed by atoms with E-state index in [2.05, 4.69) is 40.7 Å². The van der Waals surface area contributed by atoms with Gasteiger partial charge in [0.15, 0.2) is 0 Å². The lowest BCUT2D eigenvalue weighted by molar-refractivity contribution is -0.114. The summed E-state index contributed by atoms with van der Waals surface area (Å²) in [6.07, 6.45) is 5.74. The fourth-order valence-corrected chi connectivity index (χ4v) is 4.29. The van der Waals surface area contributed by atoms with E-state index in [1.807, 2.05) is 61.7 Å².